The Morgan fingerprint density at radius 1 is 0.975 bits per heavy atom. The molecule has 1 aromatic heterocycles. The van der Waals surface area contributed by atoms with Gasteiger partial charge in [-0.15, -0.1) is 23.1 Å². The number of anilines is 2. The summed E-state index contributed by atoms with van der Waals surface area (Å²) < 4.78 is 1.13. The highest BCUT2D eigenvalue weighted by atomic mass is 35.5. The largest absolute Gasteiger partial charge is 0.322 e. The summed E-state index contributed by atoms with van der Waals surface area (Å²) in [5.74, 6) is -0.704. The molecule has 0 aliphatic carbocycles. The third-order valence-corrected chi connectivity index (χ3v) is 9.03. The van der Waals surface area contributed by atoms with E-state index in [1.54, 1.807) is 59.9 Å². The Hall–Kier alpha value is -3.98. The number of hydrogen-bond donors (Lipinski definition) is 1. The number of aryl methyl sites for hydroxylation is 1. The van der Waals surface area contributed by atoms with Crippen LogP contribution in [0.3, 0.4) is 0 Å². The van der Waals surface area contributed by atoms with Crippen LogP contribution in [-0.4, -0.2) is 28.0 Å². The van der Waals surface area contributed by atoms with Crippen LogP contribution < -0.4 is 10.2 Å². The fraction of sp³-hybridized carbons (Fsp3) is 0.0968. The van der Waals surface area contributed by atoms with Gasteiger partial charge >= 0.3 is 0 Å². The molecule has 6 rings (SSSR count). The SMILES string of the molecule is Cc1ccc2nc(-c3ccc(N4C(=O)C[C@H](Sc5ccc(NC(=O)c6ccc(Cl)cc6)cc5)C4=O)cc3)sc2c1. The van der Waals surface area contributed by atoms with Crippen molar-refractivity contribution in [2.24, 2.45) is 0 Å². The lowest BCUT2D eigenvalue weighted by atomic mass is 10.2. The molecule has 198 valence electrons. The molecule has 1 aliphatic rings. The Morgan fingerprint density at radius 3 is 2.42 bits per heavy atom. The van der Waals surface area contributed by atoms with Gasteiger partial charge in [-0.2, -0.15) is 0 Å². The number of nitrogens with zero attached hydrogens (tertiary/aromatic N) is 2. The van der Waals surface area contributed by atoms with E-state index in [1.165, 1.54) is 22.2 Å². The number of fused-ring (bicyclic) bond motifs is 1. The first kappa shape index (κ1) is 26.3. The molecule has 40 heavy (non-hydrogen) atoms. The van der Waals surface area contributed by atoms with Crippen molar-refractivity contribution < 1.29 is 14.4 Å². The number of aromatic nitrogens is 1. The van der Waals surface area contributed by atoms with Crippen molar-refractivity contribution in [3.63, 3.8) is 0 Å². The average Bonchev–Trinajstić information content (AvgIpc) is 3.49. The summed E-state index contributed by atoms with van der Waals surface area (Å²) in [5, 5.41) is 3.78. The Morgan fingerprint density at radius 2 is 1.70 bits per heavy atom. The second-order valence-electron chi connectivity index (χ2n) is 9.40. The Balaban J connectivity index is 1.11. The number of hydrogen-bond acceptors (Lipinski definition) is 6. The number of amides is 3. The zero-order valence-electron chi connectivity index (χ0n) is 21.3. The Kier molecular flexibility index (Phi) is 7.14. The summed E-state index contributed by atoms with van der Waals surface area (Å²) in [7, 11) is 0. The average molecular weight is 584 g/mol. The normalized spacial score (nSPS) is 15.2. The number of carbonyl (C=O) groups is 3. The first-order chi connectivity index (χ1) is 19.3. The second-order valence-corrected chi connectivity index (χ2v) is 12.1. The lowest BCUT2D eigenvalue weighted by Gasteiger charge is -2.15. The molecule has 0 bridgehead atoms. The maximum absolute atomic E-state index is 13.2. The Labute approximate surface area is 244 Å². The molecule has 0 spiro atoms. The molecule has 4 aromatic carbocycles. The smallest absolute Gasteiger partial charge is 0.255 e. The van der Waals surface area contributed by atoms with Crippen LogP contribution in [0.15, 0.2) is 95.9 Å². The Bertz CT molecular complexity index is 1750. The van der Waals surface area contributed by atoms with Gasteiger partial charge in [0, 0.05) is 33.2 Å². The number of rotatable bonds is 6. The topological polar surface area (TPSA) is 79.4 Å². The number of benzene rings is 4. The summed E-state index contributed by atoms with van der Waals surface area (Å²) in [5.41, 5.74) is 4.77. The van der Waals surface area contributed by atoms with Crippen LogP contribution in [-0.2, 0) is 9.59 Å². The molecule has 5 aromatic rings. The van der Waals surface area contributed by atoms with E-state index >= 15 is 0 Å². The van der Waals surface area contributed by atoms with Gasteiger partial charge in [0.25, 0.3) is 5.91 Å². The van der Waals surface area contributed by atoms with Crippen molar-refractivity contribution in [1.82, 2.24) is 4.98 Å². The predicted octanol–water partition coefficient (Wildman–Crippen LogP) is 7.60. The maximum atomic E-state index is 13.2. The van der Waals surface area contributed by atoms with E-state index in [2.05, 4.69) is 18.3 Å². The minimum Gasteiger partial charge on any atom is -0.322 e. The number of nitrogens with one attached hydrogen (secondary N) is 1. The van der Waals surface area contributed by atoms with Gasteiger partial charge in [-0.3, -0.25) is 14.4 Å². The summed E-state index contributed by atoms with van der Waals surface area (Å²) >= 11 is 8.85. The summed E-state index contributed by atoms with van der Waals surface area (Å²) in [4.78, 5) is 45.3. The molecule has 6 nitrogen and oxygen atoms in total. The maximum Gasteiger partial charge on any atom is 0.255 e. The molecule has 9 heteroatoms. The monoisotopic (exact) mass is 583 g/mol. The van der Waals surface area contributed by atoms with Gasteiger partial charge in [-0.1, -0.05) is 17.7 Å². The van der Waals surface area contributed by atoms with Gasteiger partial charge in [0.05, 0.1) is 21.2 Å². The molecule has 1 saturated heterocycles. The fourth-order valence-electron chi connectivity index (χ4n) is 4.46. The molecular weight excluding hydrogens is 562 g/mol. The lowest BCUT2D eigenvalue weighted by Crippen LogP contribution is -2.31. The van der Waals surface area contributed by atoms with Crippen LogP contribution in [0.5, 0.6) is 0 Å². The standard InChI is InChI=1S/C31H22ClN3O3S2/c1-18-2-15-25-26(16-18)40-30(34-25)20-5-11-23(12-6-20)35-28(36)17-27(31(35)38)39-24-13-9-22(10-14-24)33-29(37)19-3-7-21(32)8-4-19/h2-16,27H,17H2,1H3,(H,33,37)/t27-/m0/s1. The summed E-state index contributed by atoms with van der Waals surface area (Å²) in [6, 6.07) is 27.4. The molecule has 0 radical (unpaired) electrons. The molecule has 1 atom stereocenters. The first-order valence-corrected chi connectivity index (χ1v) is 14.6. The van der Waals surface area contributed by atoms with Crippen molar-refractivity contribution >= 4 is 74.0 Å². The minimum atomic E-state index is -0.519. The third kappa shape index (κ3) is 5.38. The van der Waals surface area contributed by atoms with Crippen molar-refractivity contribution in [3.05, 3.63) is 107 Å². The fourth-order valence-corrected chi connectivity index (χ4v) is 6.71. The van der Waals surface area contributed by atoms with Crippen LogP contribution in [0.4, 0.5) is 11.4 Å². The van der Waals surface area contributed by atoms with E-state index < -0.39 is 5.25 Å². The highest BCUT2D eigenvalue weighted by molar-refractivity contribution is 8.00. The molecule has 1 N–H and O–H groups in total. The number of imide groups is 1. The van der Waals surface area contributed by atoms with Crippen LogP contribution in [0.1, 0.15) is 22.3 Å². The molecular formula is C31H22ClN3O3S2. The van der Waals surface area contributed by atoms with Gasteiger partial charge in [-0.25, -0.2) is 9.88 Å². The molecule has 2 heterocycles. The van der Waals surface area contributed by atoms with Crippen molar-refractivity contribution in [2.75, 3.05) is 10.2 Å². The lowest BCUT2D eigenvalue weighted by molar-refractivity contribution is -0.121. The van der Waals surface area contributed by atoms with Gasteiger partial charge in [0.1, 0.15) is 5.01 Å². The zero-order chi connectivity index (χ0) is 27.8. The predicted molar refractivity (Wildman–Crippen MR) is 162 cm³/mol. The van der Waals surface area contributed by atoms with Crippen molar-refractivity contribution in [2.45, 2.75) is 23.5 Å². The van der Waals surface area contributed by atoms with E-state index in [0.717, 1.165) is 25.7 Å². The number of carbonyl (C=O) groups excluding carboxylic acids is 3. The quantitative estimate of drug-likeness (QED) is 0.208. The van der Waals surface area contributed by atoms with Gasteiger partial charge < -0.3 is 5.32 Å². The van der Waals surface area contributed by atoms with Crippen molar-refractivity contribution in [1.29, 1.82) is 0 Å². The third-order valence-electron chi connectivity index (χ3n) is 6.52. The van der Waals surface area contributed by atoms with E-state index in [-0.39, 0.29) is 24.1 Å². The van der Waals surface area contributed by atoms with Crippen LogP contribution in [0.25, 0.3) is 20.8 Å². The van der Waals surface area contributed by atoms with Gasteiger partial charge in [0.2, 0.25) is 11.8 Å². The molecule has 3 amide bonds. The molecule has 1 fully saturated rings. The van der Waals surface area contributed by atoms with E-state index in [9.17, 15) is 14.4 Å². The van der Waals surface area contributed by atoms with E-state index in [4.69, 9.17) is 16.6 Å². The minimum absolute atomic E-state index is 0.123. The number of thioether (sulfide) groups is 1. The summed E-state index contributed by atoms with van der Waals surface area (Å²) in [6.07, 6.45) is 0.123. The molecule has 1 aliphatic heterocycles. The second kappa shape index (κ2) is 10.9. The van der Waals surface area contributed by atoms with Crippen LogP contribution >= 0.6 is 34.7 Å². The van der Waals surface area contributed by atoms with E-state index in [0.29, 0.717) is 22.0 Å². The van der Waals surface area contributed by atoms with Crippen LogP contribution in [0, 0.1) is 6.92 Å². The van der Waals surface area contributed by atoms with Crippen molar-refractivity contribution in [3.8, 4) is 10.6 Å². The number of halogens is 1. The van der Waals surface area contributed by atoms with Crippen LogP contribution in [0.2, 0.25) is 5.02 Å². The van der Waals surface area contributed by atoms with Gasteiger partial charge in [-0.05, 0) is 97.4 Å². The molecule has 0 saturated carbocycles. The van der Waals surface area contributed by atoms with E-state index in [1.807, 2.05) is 36.4 Å². The summed E-state index contributed by atoms with van der Waals surface area (Å²) in [6.45, 7) is 2.06. The number of thiazole rings is 1. The first-order valence-electron chi connectivity index (χ1n) is 12.5. The molecule has 0 unspecified atom stereocenters. The highest BCUT2D eigenvalue weighted by Gasteiger charge is 2.40. The zero-order valence-corrected chi connectivity index (χ0v) is 23.6. The van der Waals surface area contributed by atoms with Gasteiger partial charge in [0.15, 0.2) is 0 Å². The highest BCUT2D eigenvalue weighted by Crippen LogP contribution is 2.36.